The maximum absolute atomic E-state index is 14.5. The number of benzene rings is 1. The Hall–Kier alpha value is -2.34. The van der Waals surface area contributed by atoms with Crippen LogP contribution in [0.25, 0.3) is 17.1 Å². The minimum atomic E-state index is -4.83. The second-order valence-electron chi connectivity index (χ2n) is 5.58. The first-order valence-electron chi connectivity index (χ1n) is 7.17. The normalized spacial score (nSPS) is 12.6. The third-order valence-electron chi connectivity index (χ3n) is 3.52. The summed E-state index contributed by atoms with van der Waals surface area (Å²) in [6.07, 6.45) is -4.14. The van der Waals surface area contributed by atoms with Crippen LogP contribution in [0, 0.1) is 18.6 Å². The zero-order valence-corrected chi connectivity index (χ0v) is 15.3. The van der Waals surface area contributed by atoms with Crippen molar-refractivity contribution in [3.8, 4) is 17.1 Å². The van der Waals surface area contributed by atoms with Gasteiger partial charge in [-0.3, -0.25) is 0 Å². The van der Waals surface area contributed by atoms with Gasteiger partial charge in [-0.2, -0.15) is 18.3 Å². The Morgan fingerprint density at radius 1 is 1.11 bits per heavy atom. The Kier molecular flexibility index (Phi) is 4.58. The molecule has 0 unspecified atom stereocenters. The van der Waals surface area contributed by atoms with Crippen LogP contribution in [-0.2, 0) is 16.0 Å². The van der Waals surface area contributed by atoms with Gasteiger partial charge in [0.25, 0.3) is 0 Å². The van der Waals surface area contributed by atoms with Gasteiger partial charge >= 0.3 is 6.18 Å². The lowest BCUT2D eigenvalue weighted by atomic mass is 10.1. The fourth-order valence-electron chi connectivity index (χ4n) is 2.34. The van der Waals surface area contributed by atoms with Crippen molar-refractivity contribution in [1.82, 2.24) is 14.8 Å². The summed E-state index contributed by atoms with van der Waals surface area (Å²) in [6.45, 7) is 1.61. The molecule has 2 aromatic heterocycles. The first-order valence-corrected chi connectivity index (χ1v) is 9.94. The average molecular weight is 423 g/mol. The molecule has 12 heteroatoms. The molecule has 0 N–H and O–H groups in total. The standard InChI is InChI=1S/C15H10F5N3O2S2/c1-7-21-14(6-26-7)23-11(5-13(22-23)15(18,19)20)8-3-10(17)12(4-9(8)16)27(2,24)25/h3-6H,1-2H3. The lowest BCUT2D eigenvalue weighted by molar-refractivity contribution is -0.141. The van der Waals surface area contributed by atoms with Crippen LogP contribution in [0.4, 0.5) is 22.0 Å². The fraction of sp³-hybridized carbons (Fsp3) is 0.200. The Bertz CT molecular complexity index is 1130. The van der Waals surface area contributed by atoms with Crippen molar-refractivity contribution >= 4 is 21.2 Å². The molecule has 0 fully saturated rings. The van der Waals surface area contributed by atoms with E-state index in [2.05, 4.69) is 10.1 Å². The van der Waals surface area contributed by atoms with E-state index in [0.29, 0.717) is 29.5 Å². The molecule has 3 aromatic rings. The van der Waals surface area contributed by atoms with Crippen LogP contribution in [0.15, 0.2) is 28.5 Å². The molecule has 0 spiro atoms. The molecule has 0 saturated carbocycles. The summed E-state index contributed by atoms with van der Waals surface area (Å²) in [5.74, 6) is -2.50. The number of sulfone groups is 1. The Morgan fingerprint density at radius 3 is 2.30 bits per heavy atom. The van der Waals surface area contributed by atoms with Crippen LogP contribution in [-0.4, -0.2) is 29.4 Å². The minimum Gasteiger partial charge on any atom is -0.224 e. The maximum atomic E-state index is 14.5. The first kappa shape index (κ1) is 19.4. The molecule has 1 aromatic carbocycles. The molecule has 0 atom stereocenters. The van der Waals surface area contributed by atoms with E-state index in [1.807, 2.05) is 0 Å². The van der Waals surface area contributed by atoms with Gasteiger partial charge in [0, 0.05) is 17.2 Å². The third-order valence-corrected chi connectivity index (χ3v) is 5.39. The molecule has 0 radical (unpaired) electrons. The number of alkyl halides is 3. The van der Waals surface area contributed by atoms with E-state index >= 15 is 0 Å². The van der Waals surface area contributed by atoms with E-state index in [1.54, 1.807) is 6.92 Å². The van der Waals surface area contributed by atoms with Crippen LogP contribution in [0.3, 0.4) is 0 Å². The van der Waals surface area contributed by atoms with E-state index in [0.717, 1.165) is 16.0 Å². The van der Waals surface area contributed by atoms with Crippen molar-refractivity contribution in [3.63, 3.8) is 0 Å². The van der Waals surface area contributed by atoms with Gasteiger partial charge in [-0.05, 0) is 25.1 Å². The van der Waals surface area contributed by atoms with Crippen molar-refractivity contribution in [2.75, 3.05) is 6.26 Å². The predicted molar refractivity (Wildman–Crippen MR) is 87.4 cm³/mol. The molecule has 144 valence electrons. The van der Waals surface area contributed by atoms with Gasteiger partial charge in [-0.25, -0.2) is 26.9 Å². The SMILES string of the molecule is Cc1nc(-n2nc(C(F)(F)F)cc2-c2cc(F)c(S(C)(=O)=O)cc2F)cs1. The Morgan fingerprint density at radius 2 is 1.78 bits per heavy atom. The number of hydrogen-bond acceptors (Lipinski definition) is 5. The van der Waals surface area contributed by atoms with E-state index in [1.165, 1.54) is 5.38 Å². The molecule has 2 heterocycles. The van der Waals surface area contributed by atoms with Gasteiger partial charge in [-0.15, -0.1) is 11.3 Å². The van der Waals surface area contributed by atoms with Gasteiger partial charge in [0.1, 0.15) is 16.5 Å². The molecule has 0 saturated heterocycles. The summed E-state index contributed by atoms with van der Waals surface area (Å²) in [5.41, 5.74) is -2.31. The van der Waals surface area contributed by atoms with Crippen molar-refractivity contribution in [3.05, 3.63) is 45.9 Å². The monoisotopic (exact) mass is 423 g/mol. The van der Waals surface area contributed by atoms with Crippen LogP contribution in [0.5, 0.6) is 0 Å². The predicted octanol–water partition coefficient (Wildman–Crippen LogP) is 4.00. The van der Waals surface area contributed by atoms with Gasteiger partial charge in [0.2, 0.25) is 0 Å². The number of aryl methyl sites for hydroxylation is 1. The largest absolute Gasteiger partial charge is 0.435 e. The molecule has 0 aliphatic rings. The second kappa shape index (κ2) is 6.37. The van der Waals surface area contributed by atoms with Crippen LogP contribution < -0.4 is 0 Å². The highest BCUT2D eigenvalue weighted by molar-refractivity contribution is 7.90. The molecule has 3 rings (SSSR count). The Labute approximate surface area is 154 Å². The molecular weight excluding hydrogens is 413 g/mol. The average Bonchev–Trinajstić information content (AvgIpc) is 3.13. The quantitative estimate of drug-likeness (QED) is 0.598. The van der Waals surface area contributed by atoms with E-state index < -0.39 is 49.5 Å². The number of nitrogens with zero attached hydrogens (tertiary/aromatic N) is 3. The number of hydrogen-bond donors (Lipinski definition) is 0. The Balaban J connectivity index is 2.28. The van der Waals surface area contributed by atoms with Crippen molar-refractivity contribution in [2.24, 2.45) is 0 Å². The van der Waals surface area contributed by atoms with Crippen LogP contribution in [0.1, 0.15) is 10.7 Å². The molecule has 0 aliphatic heterocycles. The van der Waals surface area contributed by atoms with Crippen molar-refractivity contribution < 1.29 is 30.4 Å². The summed E-state index contributed by atoms with van der Waals surface area (Å²) in [6, 6.07) is 1.50. The zero-order valence-electron chi connectivity index (χ0n) is 13.7. The topological polar surface area (TPSA) is 64.8 Å². The smallest absolute Gasteiger partial charge is 0.224 e. The van der Waals surface area contributed by atoms with E-state index in [4.69, 9.17) is 0 Å². The third kappa shape index (κ3) is 3.72. The number of halogens is 5. The fourth-order valence-corrected chi connectivity index (χ4v) is 3.65. The second-order valence-corrected chi connectivity index (χ2v) is 8.63. The van der Waals surface area contributed by atoms with Gasteiger partial charge in [-0.1, -0.05) is 0 Å². The molecule has 27 heavy (non-hydrogen) atoms. The molecular formula is C15H10F5N3O2S2. The highest BCUT2D eigenvalue weighted by Gasteiger charge is 2.36. The summed E-state index contributed by atoms with van der Waals surface area (Å²) < 4.78 is 91.6. The highest BCUT2D eigenvalue weighted by Crippen LogP contribution is 2.35. The van der Waals surface area contributed by atoms with Crippen LogP contribution in [0.2, 0.25) is 0 Å². The minimum absolute atomic E-state index is 0.00463. The van der Waals surface area contributed by atoms with Crippen molar-refractivity contribution in [1.29, 1.82) is 0 Å². The zero-order chi connectivity index (χ0) is 20.1. The summed E-state index contributed by atoms with van der Waals surface area (Å²) >= 11 is 1.13. The van der Waals surface area contributed by atoms with E-state index in [9.17, 15) is 30.4 Å². The molecule has 0 amide bonds. The maximum Gasteiger partial charge on any atom is 0.435 e. The first-order chi connectivity index (χ1) is 12.4. The van der Waals surface area contributed by atoms with E-state index in [-0.39, 0.29) is 5.82 Å². The number of aromatic nitrogens is 3. The van der Waals surface area contributed by atoms with Crippen LogP contribution >= 0.6 is 11.3 Å². The molecule has 5 nitrogen and oxygen atoms in total. The van der Waals surface area contributed by atoms with Crippen molar-refractivity contribution in [2.45, 2.75) is 18.0 Å². The lowest BCUT2D eigenvalue weighted by Crippen LogP contribution is -2.08. The van der Waals surface area contributed by atoms with Gasteiger partial charge < -0.3 is 0 Å². The summed E-state index contributed by atoms with van der Waals surface area (Å²) in [5, 5.41) is 5.35. The lowest BCUT2D eigenvalue weighted by Gasteiger charge is -2.08. The van der Waals surface area contributed by atoms with Gasteiger partial charge in [0.15, 0.2) is 21.3 Å². The summed E-state index contributed by atoms with van der Waals surface area (Å²) in [7, 11) is -4.06. The van der Waals surface area contributed by atoms with Gasteiger partial charge in [0.05, 0.1) is 10.7 Å². The highest BCUT2D eigenvalue weighted by atomic mass is 32.2. The molecule has 0 aliphatic carbocycles. The number of thiazole rings is 1. The number of rotatable bonds is 3. The molecule has 0 bridgehead atoms. The summed E-state index contributed by atoms with van der Waals surface area (Å²) in [4.78, 5) is 3.12.